The Morgan fingerprint density at radius 1 is 1.45 bits per heavy atom. The zero-order valence-corrected chi connectivity index (χ0v) is 12.6. The Hall–Kier alpha value is -1.71. The maximum absolute atomic E-state index is 12.4. The highest BCUT2D eigenvalue weighted by Gasteiger charge is 2.34. The average Bonchev–Trinajstić information content (AvgIpc) is 2.87. The van der Waals surface area contributed by atoms with Gasteiger partial charge >= 0.3 is 0 Å². The van der Waals surface area contributed by atoms with E-state index in [-0.39, 0.29) is 17.2 Å². The van der Waals surface area contributed by atoms with Gasteiger partial charge in [-0.25, -0.2) is 0 Å². The summed E-state index contributed by atoms with van der Waals surface area (Å²) in [5.41, 5.74) is 5.36. The molecule has 2 amide bonds. The molecular formula is C12H12IN3O4. The standard InChI is InChI=1S/C12H12IN3O4/c13-9-4-3-7(16(19)20)6-8(9)12(18)15-5-1-2-10(15)11(14)17/h3-4,6,10H,1-2,5H2,(H2,14,17). The van der Waals surface area contributed by atoms with E-state index in [2.05, 4.69) is 0 Å². The van der Waals surface area contributed by atoms with Crippen LogP contribution in [0.1, 0.15) is 23.2 Å². The molecule has 8 heteroatoms. The van der Waals surface area contributed by atoms with Gasteiger partial charge in [-0.3, -0.25) is 19.7 Å². The number of nitrogens with two attached hydrogens (primary N) is 1. The summed E-state index contributed by atoms with van der Waals surface area (Å²) in [6.07, 6.45) is 1.23. The maximum Gasteiger partial charge on any atom is 0.270 e. The maximum atomic E-state index is 12.4. The van der Waals surface area contributed by atoms with E-state index < -0.39 is 16.9 Å². The molecule has 1 aromatic rings. The first-order valence-electron chi connectivity index (χ1n) is 5.96. The molecule has 1 saturated heterocycles. The van der Waals surface area contributed by atoms with E-state index in [1.54, 1.807) is 0 Å². The van der Waals surface area contributed by atoms with Gasteiger partial charge in [0.25, 0.3) is 11.6 Å². The van der Waals surface area contributed by atoms with Crippen molar-refractivity contribution in [3.63, 3.8) is 0 Å². The van der Waals surface area contributed by atoms with Crippen LogP contribution in [0.5, 0.6) is 0 Å². The molecule has 1 aliphatic rings. The first-order chi connectivity index (χ1) is 9.41. The number of nitrogens with zero attached hydrogens (tertiary/aromatic N) is 2. The lowest BCUT2D eigenvalue weighted by Gasteiger charge is -2.22. The summed E-state index contributed by atoms with van der Waals surface area (Å²) in [4.78, 5) is 35.4. The summed E-state index contributed by atoms with van der Waals surface area (Å²) in [6, 6.07) is 3.47. The highest BCUT2D eigenvalue weighted by molar-refractivity contribution is 14.1. The minimum absolute atomic E-state index is 0.149. The third-order valence-electron chi connectivity index (χ3n) is 3.23. The van der Waals surface area contributed by atoms with Crippen LogP contribution in [0.25, 0.3) is 0 Å². The summed E-state index contributed by atoms with van der Waals surface area (Å²) < 4.78 is 0.605. The van der Waals surface area contributed by atoms with E-state index in [1.165, 1.54) is 23.1 Å². The first kappa shape index (κ1) is 14.7. The minimum Gasteiger partial charge on any atom is -0.368 e. The van der Waals surface area contributed by atoms with Crippen molar-refractivity contribution in [2.24, 2.45) is 5.73 Å². The molecule has 1 unspecified atom stereocenters. The van der Waals surface area contributed by atoms with E-state index in [0.29, 0.717) is 23.0 Å². The fourth-order valence-electron chi connectivity index (χ4n) is 2.25. The third kappa shape index (κ3) is 2.74. The Kier molecular flexibility index (Phi) is 4.21. The van der Waals surface area contributed by atoms with Gasteiger partial charge in [-0.15, -0.1) is 0 Å². The Balaban J connectivity index is 2.35. The van der Waals surface area contributed by atoms with Crippen molar-refractivity contribution >= 4 is 40.1 Å². The van der Waals surface area contributed by atoms with Crippen LogP contribution in [-0.4, -0.2) is 34.2 Å². The number of carbonyl (C=O) groups excluding carboxylic acids is 2. The quantitative estimate of drug-likeness (QED) is 0.478. The molecule has 2 N–H and O–H groups in total. The molecule has 1 fully saturated rings. The summed E-state index contributed by atoms with van der Waals surface area (Å²) in [5, 5.41) is 10.8. The molecule has 0 saturated carbocycles. The van der Waals surface area contributed by atoms with Crippen LogP contribution in [0.2, 0.25) is 0 Å². The van der Waals surface area contributed by atoms with Crippen molar-refractivity contribution in [3.05, 3.63) is 37.4 Å². The van der Waals surface area contributed by atoms with Crippen molar-refractivity contribution in [1.82, 2.24) is 4.90 Å². The molecule has 1 aliphatic heterocycles. The number of nitro benzene ring substituents is 1. The Morgan fingerprint density at radius 2 is 2.15 bits per heavy atom. The normalized spacial score (nSPS) is 18.1. The van der Waals surface area contributed by atoms with Gasteiger partial charge in [-0.2, -0.15) is 0 Å². The van der Waals surface area contributed by atoms with Gasteiger partial charge in [0.05, 0.1) is 10.5 Å². The topological polar surface area (TPSA) is 107 Å². The average molecular weight is 389 g/mol. The second kappa shape index (κ2) is 5.73. The Bertz CT molecular complexity index is 590. The minimum atomic E-state index is -0.627. The van der Waals surface area contributed by atoms with Gasteiger partial charge in [-0.1, -0.05) is 0 Å². The summed E-state index contributed by atoms with van der Waals surface area (Å²) >= 11 is 1.94. The van der Waals surface area contributed by atoms with Gasteiger partial charge in [0.1, 0.15) is 6.04 Å². The molecule has 1 aromatic carbocycles. The predicted molar refractivity (Wildman–Crippen MR) is 79.1 cm³/mol. The lowest BCUT2D eigenvalue weighted by molar-refractivity contribution is -0.384. The number of rotatable bonds is 3. The number of hydrogen-bond acceptors (Lipinski definition) is 4. The van der Waals surface area contributed by atoms with Crippen LogP contribution < -0.4 is 5.73 Å². The molecule has 1 heterocycles. The Labute approximate surface area is 128 Å². The number of halogens is 1. The van der Waals surface area contributed by atoms with E-state index >= 15 is 0 Å². The lowest BCUT2D eigenvalue weighted by atomic mass is 10.1. The molecule has 7 nitrogen and oxygen atoms in total. The zero-order valence-electron chi connectivity index (χ0n) is 10.4. The van der Waals surface area contributed by atoms with E-state index in [0.717, 1.165) is 0 Å². The number of hydrogen-bond donors (Lipinski definition) is 1. The van der Waals surface area contributed by atoms with Crippen molar-refractivity contribution in [2.75, 3.05) is 6.54 Å². The second-order valence-electron chi connectivity index (χ2n) is 4.48. The van der Waals surface area contributed by atoms with Gasteiger partial charge in [0.15, 0.2) is 0 Å². The summed E-state index contributed by atoms with van der Waals surface area (Å²) in [6.45, 7) is 0.436. The monoisotopic (exact) mass is 389 g/mol. The predicted octanol–water partition coefficient (Wildman–Crippen LogP) is 1.29. The number of carbonyl (C=O) groups is 2. The molecule has 20 heavy (non-hydrogen) atoms. The molecule has 0 spiro atoms. The highest BCUT2D eigenvalue weighted by atomic mass is 127. The lowest BCUT2D eigenvalue weighted by Crippen LogP contribution is -2.43. The van der Waals surface area contributed by atoms with Crippen LogP contribution in [0.3, 0.4) is 0 Å². The molecular weight excluding hydrogens is 377 g/mol. The number of likely N-dealkylation sites (tertiary alicyclic amines) is 1. The van der Waals surface area contributed by atoms with Crippen molar-refractivity contribution in [3.8, 4) is 0 Å². The molecule has 0 bridgehead atoms. The number of nitro groups is 1. The summed E-state index contributed by atoms with van der Waals surface area (Å²) in [5.74, 6) is -0.935. The van der Waals surface area contributed by atoms with Gasteiger partial charge in [0.2, 0.25) is 5.91 Å². The van der Waals surface area contributed by atoms with Crippen LogP contribution in [0.4, 0.5) is 5.69 Å². The molecule has 0 aliphatic carbocycles. The van der Waals surface area contributed by atoms with E-state index in [1.807, 2.05) is 22.6 Å². The molecule has 0 radical (unpaired) electrons. The van der Waals surface area contributed by atoms with E-state index in [9.17, 15) is 19.7 Å². The van der Waals surface area contributed by atoms with Crippen molar-refractivity contribution in [2.45, 2.75) is 18.9 Å². The number of non-ortho nitro benzene ring substituents is 1. The molecule has 2 rings (SSSR count). The number of amides is 2. The summed E-state index contributed by atoms with van der Waals surface area (Å²) in [7, 11) is 0. The van der Waals surface area contributed by atoms with E-state index in [4.69, 9.17) is 5.73 Å². The van der Waals surface area contributed by atoms with Crippen LogP contribution in [-0.2, 0) is 4.79 Å². The third-order valence-corrected chi connectivity index (χ3v) is 4.17. The van der Waals surface area contributed by atoms with Gasteiger partial charge < -0.3 is 10.6 Å². The fraction of sp³-hybridized carbons (Fsp3) is 0.333. The molecule has 106 valence electrons. The zero-order chi connectivity index (χ0) is 14.9. The first-order valence-corrected chi connectivity index (χ1v) is 7.04. The van der Waals surface area contributed by atoms with Gasteiger partial charge in [-0.05, 0) is 41.5 Å². The number of benzene rings is 1. The smallest absolute Gasteiger partial charge is 0.270 e. The second-order valence-corrected chi connectivity index (χ2v) is 5.64. The highest BCUT2D eigenvalue weighted by Crippen LogP contribution is 2.25. The van der Waals surface area contributed by atoms with Crippen LogP contribution in [0.15, 0.2) is 18.2 Å². The fourth-order valence-corrected chi connectivity index (χ4v) is 2.82. The van der Waals surface area contributed by atoms with Crippen LogP contribution >= 0.6 is 22.6 Å². The SMILES string of the molecule is NC(=O)C1CCCN1C(=O)c1cc([N+](=O)[O-])ccc1I. The van der Waals surface area contributed by atoms with Crippen molar-refractivity contribution < 1.29 is 14.5 Å². The molecule has 1 atom stereocenters. The van der Waals surface area contributed by atoms with Gasteiger partial charge in [0, 0.05) is 22.2 Å². The Morgan fingerprint density at radius 3 is 2.75 bits per heavy atom. The molecule has 0 aromatic heterocycles. The van der Waals surface area contributed by atoms with Crippen LogP contribution in [0, 0.1) is 13.7 Å². The van der Waals surface area contributed by atoms with Crippen molar-refractivity contribution in [1.29, 1.82) is 0 Å². The largest absolute Gasteiger partial charge is 0.368 e. The number of primary amides is 1.